The molecule has 0 saturated carbocycles. The van der Waals surface area contributed by atoms with Crippen molar-refractivity contribution in [3.63, 3.8) is 0 Å². The van der Waals surface area contributed by atoms with E-state index < -0.39 is 22.0 Å². The summed E-state index contributed by atoms with van der Waals surface area (Å²) < 4.78 is 32.2. The summed E-state index contributed by atoms with van der Waals surface area (Å²) in [6, 6.07) is 5.38. The number of ether oxygens (including phenoxy) is 1. The van der Waals surface area contributed by atoms with Gasteiger partial charge in [-0.05, 0) is 30.7 Å². The fourth-order valence-corrected chi connectivity index (χ4v) is 8.04. The van der Waals surface area contributed by atoms with Crippen molar-refractivity contribution in [3.8, 4) is 5.75 Å². The van der Waals surface area contributed by atoms with E-state index in [1.54, 1.807) is 35.7 Å². The zero-order valence-corrected chi connectivity index (χ0v) is 15.5. The number of amides is 1. The minimum absolute atomic E-state index is 0.142. The molecule has 2 aliphatic rings. The van der Waals surface area contributed by atoms with Crippen LogP contribution in [0.25, 0.3) is 0 Å². The van der Waals surface area contributed by atoms with Crippen LogP contribution in [-0.2, 0) is 14.8 Å². The number of carbonyl (C=O) groups is 1. The van der Waals surface area contributed by atoms with E-state index >= 15 is 0 Å². The summed E-state index contributed by atoms with van der Waals surface area (Å²) in [6.07, 6.45) is 0.459. The van der Waals surface area contributed by atoms with Gasteiger partial charge in [0.05, 0.1) is 16.1 Å². The van der Waals surface area contributed by atoms with Crippen LogP contribution in [0.1, 0.15) is 6.42 Å². The first-order valence-corrected chi connectivity index (χ1v) is 10.8. The highest BCUT2D eigenvalue weighted by Crippen LogP contribution is 2.52. The quantitative estimate of drug-likeness (QED) is 0.442. The Bertz CT molecular complexity index is 717. The number of hydrogen-bond acceptors (Lipinski definition) is 7. The topological polar surface area (TPSA) is 102 Å². The smallest absolute Gasteiger partial charge is 0.252 e. The summed E-state index contributed by atoms with van der Waals surface area (Å²) in [7, 11) is -2.28. The van der Waals surface area contributed by atoms with Crippen LogP contribution in [0, 0.1) is 0 Å². The van der Waals surface area contributed by atoms with Gasteiger partial charge in [0.25, 0.3) is 5.91 Å². The van der Waals surface area contributed by atoms with Crippen molar-refractivity contribution in [2.45, 2.75) is 21.4 Å². The van der Waals surface area contributed by atoms with Crippen LogP contribution < -0.4 is 16.0 Å². The molecule has 10 heteroatoms. The summed E-state index contributed by atoms with van der Waals surface area (Å²) in [5.41, 5.74) is 2.10. The molecule has 1 atom stereocenters. The normalized spacial score (nSPS) is 23.5. The van der Waals surface area contributed by atoms with Gasteiger partial charge in [-0.3, -0.25) is 10.2 Å². The van der Waals surface area contributed by atoms with Crippen molar-refractivity contribution < 1.29 is 17.9 Å². The van der Waals surface area contributed by atoms with Gasteiger partial charge < -0.3 is 4.74 Å². The second kappa shape index (κ2) is 6.75. The van der Waals surface area contributed by atoms with Gasteiger partial charge in [-0.25, -0.2) is 14.3 Å². The lowest BCUT2D eigenvalue weighted by Gasteiger charge is -2.23. The van der Waals surface area contributed by atoms with Crippen molar-refractivity contribution in [1.82, 2.24) is 9.73 Å². The lowest BCUT2D eigenvalue weighted by Crippen LogP contribution is -2.47. The number of nitrogens with two attached hydrogens (primary N) is 1. The van der Waals surface area contributed by atoms with Crippen molar-refractivity contribution in [1.29, 1.82) is 0 Å². The van der Waals surface area contributed by atoms with Gasteiger partial charge in [0.15, 0.2) is 0 Å². The second-order valence-corrected chi connectivity index (χ2v) is 10.7. The predicted octanol–water partition coefficient (Wildman–Crippen LogP) is 0.624. The molecule has 0 aliphatic carbocycles. The first-order valence-electron chi connectivity index (χ1n) is 7.36. The molecule has 1 spiro atoms. The fourth-order valence-electron chi connectivity index (χ4n) is 2.97. The summed E-state index contributed by atoms with van der Waals surface area (Å²) in [5, 5.41) is 0. The highest BCUT2D eigenvalue weighted by Gasteiger charge is 2.53. The zero-order chi connectivity index (χ0) is 17.4. The van der Waals surface area contributed by atoms with Gasteiger partial charge in [-0.2, -0.15) is 4.31 Å². The molecule has 2 heterocycles. The summed E-state index contributed by atoms with van der Waals surface area (Å²) in [6.45, 7) is 0.300. The SMILES string of the molecule is COc1ccc(S(=O)(=O)N2CC3(C[C@H]2C(=O)NN)SCCS3)cc1. The Morgan fingerprint density at radius 1 is 1.33 bits per heavy atom. The molecule has 2 aliphatic heterocycles. The highest BCUT2D eigenvalue weighted by molar-refractivity contribution is 8.21. The van der Waals surface area contributed by atoms with Crippen LogP contribution in [-0.4, -0.2) is 53.9 Å². The van der Waals surface area contributed by atoms with Crippen molar-refractivity contribution in [3.05, 3.63) is 24.3 Å². The molecule has 1 aromatic rings. The lowest BCUT2D eigenvalue weighted by molar-refractivity contribution is -0.124. The van der Waals surface area contributed by atoms with Crippen molar-refractivity contribution in [2.24, 2.45) is 5.84 Å². The molecule has 2 fully saturated rings. The third-order valence-electron chi connectivity index (χ3n) is 4.17. The average Bonchev–Trinajstić information content (AvgIpc) is 3.22. The van der Waals surface area contributed by atoms with Gasteiger partial charge in [0.1, 0.15) is 11.8 Å². The molecule has 2 saturated heterocycles. The van der Waals surface area contributed by atoms with Gasteiger partial charge in [0.2, 0.25) is 10.0 Å². The van der Waals surface area contributed by atoms with Crippen LogP contribution in [0.2, 0.25) is 0 Å². The molecule has 7 nitrogen and oxygen atoms in total. The van der Waals surface area contributed by atoms with E-state index in [9.17, 15) is 13.2 Å². The van der Waals surface area contributed by atoms with Crippen LogP contribution >= 0.6 is 23.5 Å². The number of hydrogen-bond donors (Lipinski definition) is 2. The Balaban J connectivity index is 1.95. The standard InChI is InChI=1S/C14H19N3O4S3/c1-21-10-2-4-11(5-3-10)24(19,20)17-9-14(22-6-7-23-14)8-12(17)13(18)16-15/h2-5,12H,6-9,15H2,1H3,(H,16,18)/t12-/m0/s1. The predicted molar refractivity (Wildman–Crippen MR) is 95.3 cm³/mol. The van der Waals surface area contributed by atoms with E-state index in [-0.39, 0.29) is 8.97 Å². The molecular formula is C14H19N3O4S3. The molecule has 0 unspecified atom stereocenters. The molecule has 0 bridgehead atoms. The van der Waals surface area contributed by atoms with E-state index in [4.69, 9.17) is 10.6 Å². The Hall–Kier alpha value is -0.940. The lowest BCUT2D eigenvalue weighted by atomic mass is 10.2. The van der Waals surface area contributed by atoms with E-state index in [2.05, 4.69) is 5.43 Å². The molecule has 1 amide bonds. The fraction of sp³-hybridized carbons (Fsp3) is 0.500. The van der Waals surface area contributed by atoms with Crippen molar-refractivity contribution in [2.75, 3.05) is 25.2 Å². The third kappa shape index (κ3) is 3.13. The zero-order valence-electron chi connectivity index (χ0n) is 13.1. The van der Waals surface area contributed by atoms with Gasteiger partial charge >= 0.3 is 0 Å². The van der Waals surface area contributed by atoms with Crippen LogP contribution in [0.15, 0.2) is 29.2 Å². The maximum absolute atomic E-state index is 13.1. The van der Waals surface area contributed by atoms with E-state index in [1.165, 1.54) is 23.5 Å². The maximum atomic E-state index is 13.1. The molecule has 0 radical (unpaired) electrons. The number of nitrogens with one attached hydrogen (secondary N) is 1. The number of nitrogens with zero attached hydrogens (tertiary/aromatic N) is 1. The number of methoxy groups -OCH3 is 1. The van der Waals surface area contributed by atoms with E-state index in [1.807, 2.05) is 0 Å². The Labute approximate surface area is 149 Å². The van der Waals surface area contributed by atoms with Gasteiger partial charge in [-0.15, -0.1) is 23.5 Å². The summed E-state index contributed by atoms with van der Waals surface area (Å²) in [5.74, 6) is 7.28. The van der Waals surface area contributed by atoms with E-state index in [0.717, 1.165) is 11.5 Å². The highest BCUT2D eigenvalue weighted by atomic mass is 32.2. The summed E-state index contributed by atoms with van der Waals surface area (Å²) in [4.78, 5) is 12.3. The average molecular weight is 390 g/mol. The number of sulfonamides is 1. The monoisotopic (exact) mass is 389 g/mol. The minimum Gasteiger partial charge on any atom is -0.497 e. The number of carbonyl (C=O) groups excluding carboxylic acids is 1. The first-order chi connectivity index (χ1) is 11.4. The number of rotatable bonds is 4. The Kier molecular flexibility index (Phi) is 5.03. The van der Waals surface area contributed by atoms with Gasteiger partial charge in [-0.1, -0.05) is 0 Å². The Morgan fingerprint density at radius 2 is 1.96 bits per heavy atom. The molecule has 3 N–H and O–H groups in total. The number of hydrazine groups is 1. The molecule has 132 valence electrons. The molecule has 0 aromatic heterocycles. The third-order valence-corrected chi connectivity index (χ3v) is 9.47. The van der Waals surface area contributed by atoms with Crippen LogP contribution in [0.3, 0.4) is 0 Å². The van der Waals surface area contributed by atoms with Crippen LogP contribution in [0.5, 0.6) is 5.75 Å². The molecule has 3 rings (SSSR count). The number of benzene rings is 1. The molecule has 1 aromatic carbocycles. The van der Waals surface area contributed by atoms with Crippen LogP contribution in [0.4, 0.5) is 0 Å². The largest absolute Gasteiger partial charge is 0.497 e. The second-order valence-electron chi connectivity index (χ2n) is 5.56. The number of thioether (sulfide) groups is 2. The maximum Gasteiger partial charge on any atom is 0.252 e. The minimum atomic E-state index is -3.80. The van der Waals surface area contributed by atoms with Gasteiger partial charge in [0, 0.05) is 18.1 Å². The first kappa shape index (κ1) is 17.9. The molecular weight excluding hydrogens is 370 g/mol. The van der Waals surface area contributed by atoms with Crippen molar-refractivity contribution >= 4 is 39.5 Å². The summed E-state index contributed by atoms with van der Waals surface area (Å²) >= 11 is 3.44. The van der Waals surface area contributed by atoms with E-state index in [0.29, 0.717) is 18.7 Å². The Morgan fingerprint density at radius 3 is 2.50 bits per heavy atom. The molecule has 24 heavy (non-hydrogen) atoms.